The van der Waals surface area contributed by atoms with E-state index in [0.717, 1.165) is 12.0 Å². The van der Waals surface area contributed by atoms with Crippen molar-refractivity contribution in [1.29, 1.82) is 0 Å². The van der Waals surface area contributed by atoms with Crippen molar-refractivity contribution in [2.24, 2.45) is 0 Å². The SMILES string of the molecule is Cc1ccsc1CN(CCC(c1ccccc1)c1ccccc1)C(=O)COCc1ccccc1. The normalized spacial score (nSPS) is 11.0. The zero-order chi connectivity index (χ0) is 23.6. The van der Waals surface area contributed by atoms with Gasteiger partial charge in [0, 0.05) is 17.3 Å². The maximum absolute atomic E-state index is 13.3. The summed E-state index contributed by atoms with van der Waals surface area (Å²) in [6, 6.07) is 33.2. The van der Waals surface area contributed by atoms with Gasteiger partial charge in [0.05, 0.1) is 13.2 Å². The molecule has 4 rings (SSSR count). The highest BCUT2D eigenvalue weighted by molar-refractivity contribution is 7.10. The van der Waals surface area contributed by atoms with Gasteiger partial charge in [0.1, 0.15) is 6.61 Å². The van der Waals surface area contributed by atoms with Crippen molar-refractivity contribution in [2.45, 2.75) is 32.4 Å². The van der Waals surface area contributed by atoms with Crippen molar-refractivity contribution in [1.82, 2.24) is 4.90 Å². The van der Waals surface area contributed by atoms with E-state index in [2.05, 4.69) is 66.9 Å². The van der Waals surface area contributed by atoms with Crippen LogP contribution in [-0.2, 0) is 22.7 Å². The van der Waals surface area contributed by atoms with E-state index in [1.54, 1.807) is 11.3 Å². The van der Waals surface area contributed by atoms with Crippen molar-refractivity contribution < 1.29 is 9.53 Å². The first-order valence-electron chi connectivity index (χ1n) is 11.7. The molecule has 1 amide bonds. The van der Waals surface area contributed by atoms with E-state index in [1.807, 2.05) is 47.4 Å². The summed E-state index contributed by atoms with van der Waals surface area (Å²) in [4.78, 5) is 16.5. The highest BCUT2D eigenvalue weighted by Gasteiger charge is 2.20. The molecular formula is C30H31NO2S. The monoisotopic (exact) mass is 469 g/mol. The molecule has 1 aromatic heterocycles. The van der Waals surface area contributed by atoms with Crippen LogP contribution in [0.1, 0.15) is 39.5 Å². The van der Waals surface area contributed by atoms with E-state index < -0.39 is 0 Å². The first-order valence-corrected chi connectivity index (χ1v) is 12.6. The molecule has 4 aromatic rings. The molecule has 3 nitrogen and oxygen atoms in total. The zero-order valence-corrected chi connectivity index (χ0v) is 20.4. The molecule has 0 fully saturated rings. The molecule has 0 radical (unpaired) electrons. The van der Waals surface area contributed by atoms with E-state index in [-0.39, 0.29) is 18.4 Å². The first-order chi connectivity index (χ1) is 16.7. The molecule has 0 aliphatic rings. The van der Waals surface area contributed by atoms with Gasteiger partial charge in [-0.2, -0.15) is 0 Å². The number of hydrogen-bond acceptors (Lipinski definition) is 3. The Morgan fingerprint density at radius 1 is 0.853 bits per heavy atom. The maximum atomic E-state index is 13.3. The van der Waals surface area contributed by atoms with E-state index in [0.29, 0.717) is 19.7 Å². The molecule has 0 bridgehead atoms. The lowest BCUT2D eigenvalue weighted by atomic mass is 9.88. The Bertz CT molecular complexity index is 1100. The molecule has 0 unspecified atom stereocenters. The molecule has 0 spiro atoms. The van der Waals surface area contributed by atoms with Gasteiger partial charge in [0.2, 0.25) is 5.91 Å². The Hall–Kier alpha value is -3.21. The van der Waals surface area contributed by atoms with Gasteiger partial charge in [0.15, 0.2) is 0 Å². The number of hydrogen-bond donors (Lipinski definition) is 0. The molecule has 1 heterocycles. The van der Waals surface area contributed by atoms with Gasteiger partial charge in [-0.05, 0) is 47.0 Å². The van der Waals surface area contributed by atoms with E-state index >= 15 is 0 Å². The van der Waals surface area contributed by atoms with Crippen LogP contribution in [-0.4, -0.2) is 24.0 Å². The Kier molecular flexibility index (Phi) is 8.66. The van der Waals surface area contributed by atoms with Crippen LogP contribution >= 0.6 is 11.3 Å². The number of benzene rings is 3. The average Bonchev–Trinajstić information content (AvgIpc) is 3.29. The fourth-order valence-electron chi connectivity index (χ4n) is 4.13. The van der Waals surface area contributed by atoms with Crippen LogP contribution in [0, 0.1) is 6.92 Å². The molecule has 0 saturated heterocycles. The fraction of sp³-hybridized carbons (Fsp3) is 0.233. The minimum Gasteiger partial charge on any atom is -0.367 e. The largest absolute Gasteiger partial charge is 0.367 e. The van der Waals surface area contributed by atoms with Crippen molar-refractivity contribution in [3.8, 4) is 0 Å². The summed E-state index contributed by atoms with van der Waals surface area (Å²) in [5.74, 6) is 0.260. The zero-order valence-electron chi connectivity index (χ0n) is 19.6. The van der Waals surface area contributed by atoms with Gasteiger partial charge in [-0.1, -0.05) is 91.0 Å². The van der Waals surface area contributed by atoms with Crippen LogP contribution in [0.4, 0.5) is 0 Å². The van der Waals surface area contributed by atoms with Crippen LogP contribution < -0.4 is 0 Å². The molecule has 4 heteroatoms. The van der Waals surface area contributed by atoms with E-state index in [1.165, 1.54) is 21.6 Å². The summed E-state index contributed by atoms with van der Waals surface area (Å²) in [5.41, 5.74) is 4.85. The average molecular weight is 470 g/mol. The predicted molar refractivity (Wildman–Crippen MR) is 140 cm³/mol. The minimum absolute atomic E-state index is 0.0311. The molecule has 0 saturated carbocycles. The van der Waals surface area contributed by atoms with E-state index in [9.17, 15) is 4.79 Å². The smallest absolute Gasteiger partial charge is 0.248 e. The highest BCUT2D eigenvalue weighted by atomic mass is 32.1. The first kappa shape index (κ1) is 23.9. The molecular weight excluding hydrogens is 438 g/mol. The number of carbonyl (C=O) groups excluding carboxylic acids is 1. The fourth-order valence-corrected chi connectivity index (χ4v) is 5.06. The number of aryl methyl sites for hydroxylation is 1. The van der Waals surface area contributed by atoms with Crippen molar-refractivity contribution >= 4 is 17.2 Å². The maximum Gasteiger partial charge on any atom is 0.248 e. The number of nitrogens with zero attached hydrogens (tertiary/aromatic N) is 1. The van der Waals surface area contributed by atoms with Crippen molar-refractivity contribution in [2.75, 3.05) is 13.2 Å². The minimum atomic E-state index is 0.0311. The molecule has 0 atom stereocenters. The van der Waals surface area contributed by atoms with Crippen molar-refractivity contribution in [3.05, 3.63) is 130 Å². The Morgan fingerprint density at radius 2 is 1.44 bits per heavy atom. The predicted octanol–water partition coefficient (Wildman–Crippen LogP) is 6.82. The summed E-state index contributed by atoms with van der Waals surface area (Å²) in [7, 11) is 0. The summed E-state index contributed by atoms with van der Waals surface area (Å²) in [6.45, 7) is 3.92. The van der Waals surface area contributed by atoms with Crippen LogP contribution in [0.25, 0.3) is 0 Å². The van der Waals surface area contributed by atoms with Gasteiger partial charge in [0.25, 0.3) is 0 Å². The second kappa shape index (κ2) is 12.3. The quantitative estimate of drug-likeness (QED) is 0.241. The molecule has 0 aliphatic heterocycles. The Labute approximate surface area is 206 Å². The summed E-state index contributed by atoms with van der Waals surface area (Å²) in [5, 5.41) is 2.09. The molecule has 0 N–H and O–H groups in total. The van der Waals surface area contributed by atoms with Gasteiger partial charge in [-0.25, -0.2) is 0 Å². The number of ether oxygens (including phenoxy) is 1. The molecule has 3 aromatic carbocycles. The number of carbonyl (C=O) groups is 1. The molecule has 174 valence electrons. The third kappa shape index (κ3) is 6.66. The van der Waals surface area contributed by atoms with Crippen LogP contribution in [0.15, 0.2) is 102 Å². The lowest BCUT2D eigenvalue weighted by Gasteiger charge is -2.26. The molecule has 34 heavy (non-hydrogen) atoms. The van der Waals surface area contributed by atoms with Crippen LogP contribution in [0.2, 0.25) is 0 Å². The van der Waals surface area contributed by atoms with Gasteiger partial charge in [-0.3, -0.25) is 4.79 Å². The molecule has 0 aliphatic carbocycles. The van der Waals surface area contributed by atoms with Crippen molar-refractivity contribution in [3.63, 3.8) is 0 Å². The number of rotatable bonds is 11. The highest BCUT2D eigenvalue weighted by Crippen LogP contribution is 2.29. The second-order valence-electron chi connectivity index (χ2n) is 8.48. The standard InChI is InChI=1S/C30H31NO2S/c1-24-18-20-34-29(24)21-31(30(32)23-33-22-25-11-5-2-6-12-25)19-17-28(26-13-7-3-8-14-26)27-15-9-4-10-16-27/h2-16,18,20,28H,17,19,21-23H2,1H3. The van der Waals surface area contributed by atoms with Crippen LogP contribution in [0.5, 0.6) is 0 Å². The third-order valence-corrected chi connectivity index (χ3v) is 7.09. The second-order valence-corrected chi connectivity index (χ2v) is 9.48. The lowest BCUT2D eigenvalue weighted by Crippen LogP contribution is -2.35. The number of amides is 1. The Balaban J connectivity index is 1.47. The third-order valence-electron chi connectivity index (χ3n) is 6.08. The van der Waals surface area contributed by atoms with Crippen LogP contribution in [0.3, 0.4) is 0 Å². The summed E-state index contributed by atoms with van der Waals surface area (Å²) < 4.78 is 5.80. The van der Waals surface area contributed by atoms with Gasteiger partial charge >= 0.3 is 0 Å². The van der Waals surface area contributed by atoms with Gasteiger partial charge in [-0.15, -0.1) is 11.3 Å². The van der Waals surface area contributed by atoms with Gasteiger partial charge < -0.3 is 9.64 Å². The lowest BCUT2D eigenvalue weighted by molar-refractivity contribution is -0.137. The number of thiophene rings is 1. The van der Waals surface area contributed by atoms with E-state index in [4.69, 9.17) is 4.74 Å². The Morgan fingerprint density at radius 3 is 2.00 bits per heavy atom. The summed E-state index contributed by atoms with van der Waals surface area (Å²) in [6.07, 6.45) is 0.850. The topological polar surface area (TPSA) is 29.5 Å². The summed E-state index contributed by atoms with van der Waals surface area (Å²) >= 11 is 1.71.